The summed E-state index contributed by atoms with van der Waals surface area (Å²) >= 11 is 0. The van der Waals surface area contributed by atoms with Crippen molar-refractivity contribution in [1.29, 1.82) is 0 Å². The summed E-state index contributed by atoms with van der Waals surface area (Å²) in [6, 6.07) is 9.51. The summed E-state index contributed by atoms with van der Waals surface area (Å²) in [5.41, 5.74) is 1.45. The molecule has 1 aliphatic heterocycles. The van der Waals surface area contributed by atoms with E-state index in [0.717, 1.165) is 17.7 Å². The van der Waals surface area contributed by atoms with Gasteiger partial charge in [-0.05, 0) is 37.1 Å². The quantitative estimate of drug-likeness (QED) is 0.728. The fraction of sp³-hybridized carbons (Fsp3) is 0.600. The first-order valence-electron chi connectivity index (χ1n) is 6.67. The van der Waals surface area contributed by atoms with Crippen LogP contribution in [0.15, 0.2) is 24.3 Å². The number of benzene rings is 1. The van der Waals surface area contributed by atoms with E-state index in [1.165, 1.54) is 42.4 Å². The van der Waals surface area contributed by atoms with Crippen LogP contribution in [0, 0.1) is 5.92 Å². The van der Waals surface area contributed by atoms with Crippen molar-refractivity contribution in [3.8, 4) is 5.75 Å². The van der Waals surface area contributed by atoms with Gasteiger partial charge in [-0.1, -0.05) is 0 Å². The van der Waals surface area contributed by atoms with E-state index in [1.807, 2.05) is 0 Å². The van der Waals surface area contributed by atoms with Crippen molar-refractivity contribution in [3.63, 3.8) is 0 Å². The molecule has 2 heteroatoms. The Morgan fingerprint density at radius 1 is 1.24 bits per heavy atom. The molecule has 92 valence electrons. The number of piperidine rings is 1. The molecule has 1 heterocycles. The molecular formula is C15H22NO+. The summed E-state index contributed by atoms with van der Waals surface area (Å²) in [5, 5.41) is 0. The van der Waals surface area contributed by atoms with E-state index in [2.05, 4.69) is 31.3 Å². The minimum atomic E-state index is 0.919. The second-order valence-corrected chi connectivity index (χ2v) is 6.00. The number of methoxy groups -OCH3 is 1. The molecule has 2 aliphatic rings. The van der Waals surface area contributed by atoms with Crippen LogP contribution in [0.1, 0.15) is 24.8 Å². The smallest absolute Gasteiger partial charge is 0.118 e. The maximum atomic E-state index is 5.21. The number of likely N-dealkylation sites (tertiary alicyclic amines) is 1. The molecule has 3 atom stereocenters. The van der Waals surface area contributed by atoms with E-state index in [4.69, 9.17) is 4.74 Å². The number of rotatable bonds is 3. The molecule has 2 unspecified atom stereocenters. The van der Waals surface area contributed by atoms with Crippen molar-refractivity contribution in [3.05, 3.63) is 29.8 Å². The molecule has 0 N–H and O–H groups in total. The lowest BCUT2D eigenvalue weighted by Gasteiger charge is -2.38. The fourth-order valence-corrected chi connectivity index (χ4v) is 3.86. The van der Waals surface area contributed by atoms with Gasteiger partial charge >= 0.3 is 0 Å². The first-order chi connectivity index (χ1) is 8.19. The van der Waals surface area contributed by atoms with E-state index in [1.54, 1.807) is 7.11 Å². The van der Waals surface area contributed by atoms with Gasteiger partial charge in [0.25, 0.3) is 0 Å². The molecule has 1 aromatic rings. The molecule has 1 saturated carbocycles. The molecule has 2 nitrogen and oxygen atoms in total. The number of hydrogen-bond acceptors (Lipinski definition) is 1. The van der Waals surface area contributed by atoms with Crippen LogP contribution in [-0.4, -0.2) is 31.2 Å². The highest BCUT2D eigenvalue weighted by atomic mass is 16.5. The number of nitrogens with zero attached hydrogens (tertiary/aromatic N) is 1. The molecule has 2 fully saturated rings. The van der Waals surface area contributed by atoms with Gasteiger partial charge < -0.3 is 9.22 Å². The third kappa shape index (κ3) is 1.95. The molecule has 1 saturated heterocycles. The lowest BCUT2D eigenvalue weighted by molar-refractivity contribution is -0.938. The fourth-order valence-electron chi connectivity index (χ4n) is 3.86. The lowest BCUT2D eigenvalue weighted by Crippen LogP contribution is -2.49. The van der Waals surface area contributed by atoms with Gasteiger partial charge in [-0.15, -0.1) is 0 Å². The number of quaternary nitrogens is 1. The zero-order valence-electron chi connectivity index (χ0n) is 10.9. The summed E-state index contributed by atoms with van der Waals surface area (Å²) in [6.45, 7) is 2.57. The SMILES string of the molecule is COc1ccc(C[N+]2(C)CC3CC[C@H]2C3)cc1. The molecule has 0 amide bonds. The van der Waals surface area contributed by atoms with Crippen molar-refractivity contribution in [2.24, 2.45) is 5.92 Å². The third-order valence-corrected chi connectivity index (χ3v) is 4.77. The number of ether oxygens (including phenoxy) is 1. The highest BCUT2D eigenvalue weighted by molar-refractivity contribution is 5.26. The summed E-state index contributed by atoms with van der Waals surface area (Å²) in [4.78, 5) is 0. The molecule has 17 heavy (non-hydrogen) atoms. The summed E-state index contributed by atoms with van der Waals surface area (Å²) in [6.07, 6.45) is 4.38. The number of fused-ring (bicyclic) bond motifs is 2. The summed E-state index contributed by atoms with van der Waals surface area (Å²) in [5.74, 6) is 1.96. The summed E-state index contributed by atoms with van der Waals surface area (Å²) in [7, 11) is 4.16. The van der Waals surface area contributed by atoms with E-state index < -0.39 is 0 Å². The highest BCUT2D eigenvalue weighted by Gasteiger charge is 2.48. The molecule has 3 rings (SSSR count). The Morgan fingerprint density at radius 2 is 2.00 bits per heavy atom. The van der Waals surface area contributed by atoms with Crippen LogP contribution in [0.5, 0.6) is 5.75 Å². The molecular weight excluding hydrogens is 210 g/mol. The van der Waals surface area contributed by atoms with Gasteiger partial charge in [-0.25, -0.2) is 0 Å². The van der Waals surface area contributed by atoms with Crippen LogP contribution < -0.4 is 4.74 Å². The molecule has 2 bridgehead atoms. The molecule has 0 radical (unpaired) electrons. The maximum Gasteiger partial charge on any atom is 0.118 e. The lowest BCUT2D eigenvalue weighted by atomic mass is 10.1. The van der Waals surface area contributed by atoms with E-state index in [9.17, 15) is 0 Å². The van der Waals surface area contributed by atoms with E-state index in [0.29, 0.717) is 0 Å². The minimum absolute atomic E-state index is 0.919. The average Bonchev–Trinajstić information content (AvgIpc) is 2.89. The minimum Gasteiger partial charge on any atom is -0.497 e. The largest absolute Gasteiger partial charge is 0.497 e. The Balaban J connectivity index is 1.73. The second kappa shape index (κ2) is 4.02. The Kier molecular flexibility index (Phi) is 2.62. The normalized spacial score (nSPS) is 35.2. The van der Waals surface area contributed by atoms with Gasteiger partial charge in [-0.3, -0.25) is 0 Å². The first kappa shape index (κ1) is 11.1. The van der Waals surface area contributed by atoms with Crippen molar-refractivity contribution in [2.45, 2.75) is 31.8 Å². The Hall–Kier alpha value is -1.02. The van der Waals surface area contributed by atoms with Crippen molar-refractivity contribution >= 4 is 0 Å². The van der Waals surface area contributed by atoms with Crippen LogP contribution in [-0.2, 0) is 6.54 Å². The Labute approximate surface area is 104 Å². The van der Waals surface area contributed by atoms with Gasteiger partial charge in [0.1, 0.15) is 12.3 Å². The van der Waals surface area contributed by atoms with Crippen molar-refractivity contribution < 1.29 is 9.22 Å². The van der Waals surface area contributed by atoms with Gasteiger partial charge in [0.05, 0.1) is 26.7 Å². The predicted octanol–water partition coefficient (Wildman–Crippen LogP) is 2.82. The zero-order chi connectivity index (χ0) is 11.9. The maximum absolute atomic E-state index is 5.21. The van der Waals surface area contributed by atoms with Crippen LogP contribution in [0.3, 0.4) is 0 Å². The predicted molar refractivity (Wildman–Crippen MR) is 68.9 cm³/mol. The second-order valence-electron chi connectivity index (χ2n) is 6.00. The molecule has 1 aromatic carbocycles. The summed E-state index contributed by atoms with van der Waals surface area (Å²) < 4.78 is 6.47. The highest BCUT2D eigenvalue weighted by Crippen LogP contribution is 2.42. The standard InChI is InChI=1S/C15H22NO/c1-16(11-13-3-6-14(16)9-13)10-12-4-7-15(17-2)8-5-12/h4-5,7-8,13-14H,3,6,9-11H2,1-2H3/q+1/t13?,14-,16?/m0/s1. The molecule has 1 aliphatic carbocycles. The van der Waals surface area contributed by atoms with Gasteiger partial charge in [0, 0.05) is 17.9 Å². The van der Waals surface area contributed by atoms with Crippen LogP contribution in [0.2, 0.25) is 0 Å². The number of hydrogen-bond donors (Lipinski definition) is 0. The Morgan fingerprint density at radius 3 is 2.53 bits per heavy atom. The average molecular weight is 232 g/mol. The molecule has 0 aromatic heterocycles. The Bertz CT molecular complexity index is 400. The first-order valence-corrected chi connectivity index (χ1v) is 6.67. The van der Waals surface area contributed by atoms with Crippen LogP contribution >= 0.6 is 0 Å². The van der Waals surface area contributed by atoms with Gasteiger partial charge in [0.2, 0.25) is 0 Å². The van der Waals surface area contributed by atoms with E-state index >= 15 is 0 Å². The zero-order valence-corrected chi connectivity index (χ0v) is 10.9. The topological polar surface area (TPSA) is 9.23 Å². The monoisotopic (exact) mass is 232 g/mol. The van der Waals surface area contributed by atoms with Gasteiger partial charge in [-0.2, -0.15) is 0 Å². The third-order valence-electron chi connectivity index (χ3n) is 4.77. The van der Waals surface area contributed by atoms with Crippen molar-refractivity contribution in [2.75, 3.05) is 20.7 Å². The van der Waals surface area contributed by atoms with Crippen LogP contribution in [0.4, 0.5) is 0 Å². The van der Waals surface area contributed by atoms with Gasteiger partial charge in [0.15, 0.2) is 0 Å². The molecule has 0 spiro atoms. The van der Waals surface area contributed by atoms with E-state index in [-0.39, 0.29) is 0 Å². The van der Waals surface area contributed by atoms with Crippen molar-refractivity contribution in [1.82, 2.24) is 0 Å². The van der Waals surface area contributed by atoms with Crippen LogP contribution in [0.25, 0.3) is 0 Å².